The van der Waals surface area contributed by atoms with Crippen LogP contribution in [0.4, 0.5) is 0 Å². The number of ketones is 1. The molecule has 0 aliphatic carbocycles. The zero-order chi connectivity index (χ0) is 35.2. The van der Waals surface area contributed by atoms with E-state index in [1.54, 1.807) is 27.7 Å². The van der Waals surface area contributed by atoms with E-state index in [0.717, 1.165) is 0 Å². The average molecular weight is 659 g/mol. The van der Waals surface area contributed by atoms with Crippen LogP contribution in [0.2, 0.25) is 0 Å². The molecular weight excluding hydrogens is 596 g/mol. The number of aliphatic carboxylic acids is 1. The van der Waals surface area contributed by atoms with Gasteiger partial charge in [0.25, 0.3) is 0 Å². The van der Waals surface area contributed by atoms with Crippen molar-refractivity contribution >= 4 is 11.8 Å². The standard InChI is InChI=1S/C35H62O11/c1-11-23(30-18(5)15-32(10,44-30)35(43)19(6)16-33(14-4,46-35)25(36)13-3)28(40)20(7)27(39)21(8)31-22(9)29(41)24(12-2)34(42,45-31)17-26(37)38/h18-25,27,29-31,36,39,41-43H,11-17H2,1-10H3,(H,37,38). The van der Waals surface area contributed by atoms with Crippen molar-refractivity contribution in [3.05, 3.63) is 0 Å². The molecule has 3 rings (SSSR count). The third kappa shape index (κ3) is 6.69. The Morgan fingerprint density at radius 1 is 0.935 bits per heavy atom. The van der Waals surface area contributed by atoms with E-state index in [4.69, 9.17) is 14.2 Å². The third-order valence-corrected chi connectivity index (χ3v) is 12.2. The molecule has 11 nitrogen and oxygen atoms in total. The Labute approximate surface area is 275 Å². The van der Waals surface area contributed by atoms with E-state index in [1.807, 2.05) is 41.5 Å². The van der Waals surface area contributed by atoms with Gasteiger partial charge >= 0.3 is 5.97 Å². The number of carboxylic acids is 1. The fourth-order valence-electron chi connectivity index (χ4n) is 9.22. The average Bonchev–Trinajstić information content (AvgIpc) is 3.46. The van der Waals surface area contributed by atoms with Crippen LogP contribution in [0.5, 0.6) is 0 Å². The predicted octanol–water partition coefficient (Wildman–Crippen LogP) is 3.65. The van der Waals surface area contributed by atoms with Crippen molar-refractivity contribution in [1.82, 2.24) is 0 Å². The van der Waals surface area contributed by atoms with Gasteiger partial charge in [-0.3, -0.25) is 9.59 Å². The van der Waals surface area contributed by atoms with Gasteiger partial charge in [-0.15, -0.1) is 0 Å². The van der Waals surface area contributed by atoms with Crippen LogP contribution in [0.3, 0.4) is 0 Å². The first-order chi connectivity index (χ1) is 21.2. The maximum atomic E-state index is 14.1. The maximum Gasteiger partial charge on any atom is 0.308 e. The summed E-state index contributed by atoms with van der Waals surface area (Å²) in [5, 5.41) is 66.2. The number of carbonyl (C=O) groups excluding carboxylic acids is 1. The van der Waals surface area contributed by atoms with E-state index in [1.165, 1.54) is 0 Å². The fourth-order valence-corrected chi connectivity index (χ4v) is 9.22. The van der Waals surface area contributed by atoms with Crippen LogP contribution in [-0.2, 0) is 23.8 Å². The smallest absolute Gasteiger partial charge is 0.308 e. The van der Waals surface area contributed by atoms with Gasteiger partial charge in [0.2, 0.25) is 0 Å². The van der Waals surface area contributed by atoms with E-state index in [0.29, 0.717) is 38.5 Å². The van der Waals surface area contributed by atoms with E-state index in [-0.39, 0.29) is 17.6 Å². The lowest BCUT2D eigenvalue weighted by molar-refractivity contribution is -0.333. The summed E-state index contributed by atoms with van der Waals surface area (Å²) in [6.07, 6.45) is -2.58. The van der Waals surface area contributed by atoms with E-state index >= 15 is 0 Å². The molecule has 11 heteroatoms. The van der Waals surface area contributed by atoms with Crippen LogP contribution in [0.1, 0.15) is 114 Å². The van der Waals surface area contributed by atoms with Gasteiger partial charge in [-0.25, -0.2) is 0 Å². The molecule has 0 aromatic rings. The summed E-state index contributed by atoms with van der Waals surface area (Å²) in [5.41, 5.74) is -2.04. The highest BCUT2D eigenvalue weighted by atomic mass is 16.7. The van der Waals surface area contributed by atoms with Crippen molar-refractivity contribution in [2.45, 2.75) is 167 Å². The number of carboxylic acid groups (broad SMARTS) is 1. The Hall–Kier alpha value is -1.18. The second kappa shape index (κ2) is 14.4. The van der Waals surface area contributed by atoms with Crippen molar-refractivity contribution in [3.8, 4) is 0 Å². The third-order valence-electron chi connectivity index (χ3n) is 12.2. The monoisotopic (exact) mass is 658 g/mol. The topological polar surface area (TPSA) is 183 Å². The zero-order valence-corrected chi connectivity index (χ0v) is 29.6. The highest BCUT2D eigenvalue weighted by Crippen LogP contribution is 2.56. The SMILES string of the molecule is CCC(C(=O)C(C)C(O)C(C)C1OC(O)(CC(=O)O)C(CC)C(O)C1C)C1OC(C)(C2(O)OC(CC)(C(O)CC)CC2C)CC1C. The van der Waals surface area contributed by atoms with E-state index in [2.05, 4.69) is 0 Å². The minimum atomic E-state index is -2.12. The summed E-state index contributed by atoms with van der Waals surface area (Å²) >= 11 is 0. The normalized spacial score (nSPS) is 44.8. The Morgan fingerprint density at radius 3 is 2.04 bits per heavy atom. The van der Waals surface area contributed by atoms with Crippen LogP contribution in [0.25, 0.3) is 0 Å². The molecule has 6 N–H and O–H groups in total. The zero-order valence-electron chi connectivity index (χ0n) is 29.6. The first-order valence-electron chi connectivity index (χ1n) is 17.5. The summed E-state index contributed by atoms with van der Waals surface area (Å²) < 4.78 is 19.1. The summed E-state index contributed by atoms with van der Waals surface area (Å²) in [4.78, 5) is 25.7. The first-order valence-corrected chi connectivity index (χ1v) is 17.5. The number of carbonyl (C=O) groups is 2. The molecule has 3 aliphatic rings. The van der Waals surface area contributed by atoms with E-state index in [9.17, 15) is 40.2 Å². The highest BCUT2D eigenvalue weighted by molar-refractivity contribution is 5.84. The second-order valence-corrected chi connectivity index (χ2v) is 15.2. The predicted molar refractivity (Wildman–Crippen MR) is 170 cm³/mol. The van der Waals surface area contributed by atoms with Gasteiger partial charge in [0.05, 0.1) is 42.5 Å². The van der Waals surface area contributed by atoms with Crippen LogP contribution in [0.15, 0.2) is 0 Å². The summed E-state index contributed by atoms with van der Waals surface area (Å²) in [6, 6.07) is 0. The van der Waals surface area contributed by atoms with Gasteiger partial charge in [0.1, 0.15) is 11.4 Å². The van der Waals surface area contributed by atoms with Crippen LogP contribution in [-0.4, -0.2) is 95.7 Å². The molecule has 268 valence electrons. The quantitative estimate of drug-likeness (QED) is 0.160. The first kappa shape index (κ1) is 39.3. The Kier molecular flexibility index (Phi) is 12.2. The lowest BCUT2D eigenvalue weighted by atomic mass is 9.71. The van der Waals surface area contributed by atoms with Crippen LogP contribution >= 0.6 is 0 Å². The van der Waals surface area contributed by atoms with Gasteiger partial charge in [-0.1, -0.05) is 62.3 Å². The van der Waals surface area contributed by atoms with Crippen molar-refractivity contribution in [1.29, 1.82) is 0 Å². The number of Topliss-reactive ketones (excluding diaryl/α,β-unsaturated/α-hetero) is 1. The Balaban J connectivity index is 1.82. The van der Waals surface area contributed by atoms with Gasteiger partial charge in [0.15, 0.2) is 11.6 Å². The molecule has 3 aliphatic heterocycles. The van der Waals surface area contributed by atoms with Gasteiger partial charge in [-0.2, -0.15) is 0 Å². The fraction of sp³-hybridized carbons (Fsp3) is 0.943. The molecule has 0 radical (unpaired) electrons. The summed E-state index contributed by atoms with van der Waals surface area (Å²) in [5.74, 6) is -9.31. The molecule has 0 aromatic carbocycles. The van der Waals surface area contributed by atoms with Crippen LogP contribution < -0.4 is 0 Å². The maximum absolute atomic E-state index is 14.1. The highest BCUT2D eigenvalue weighted by Gasteiger charge is 2.67. The lowest BCUT2D eigenvalue weighted by Gasteiger charge is -2.51. The molecule has 16 atom stereocenters. The van der Waals surface area contributed by atoms with Gasteiger partial charge < -0.3 is 44.8 Å². The molecule has 3 fully saturated rings. The molecule has 3 heterocycles. The van der Waals surface area contributed by atoms with Crippen molar-refractivity contribution in [2.24, 2.45) is 41.4 Å². The Morgan fingerprint density at radius 2 is 1.54 bits per heavy atom. The van der Waals surface area contributed by atoms with E-state index < -0.39 is 95.3 Å². The van der Waals surface area contributed by atoms with Crippen molar-refractivity contribution in [3.63, 3.8) is 0 Å². The van der Waals surface area contributed by atoms with Crippen LogP contribution in [0, 0.1) is 41.4 Å². The number of aliphatic hydroxyl groups excluding tert-OH is 3. The number of aliphatic hydroxyl groups is 5. The minimum absolute atomic E-state index is 0.123. The van der Waals surface area contributed by atoms with Gasteiger partial charge in [-0.05, 0) is 51.4 Å². The molecule has 0 spiro atoms. The minimum Gasteiger partial charge on any atom is -0.481 e. The molecular formula is C35H62O11. The summed E-state index contributed by atoms with van der Waals surface area (Å²) in [7, 11) is 0. The molecule has 0 aromatic heterocycles. The second-order valence-electron chi connectivity index (χ2n) is 15.2. The molecule has 0 bridgehead atoms. The molecule has 46 heavy (non-hydrogen) atoms. The van der Waals surface area contributed by atoms with Crippen molar-refractivity contribution < 1.29 is 54.4 Å². The van der Waals surface area contributed by atoms with Gasteiger partial charge in [0, 0.05) is 35.5 Å². The molecule has 0 saturated carbocycles. The number of rotatable bonds is 14. The largest absolute Gasteiger partial charge is 0.481 e. The number of hydrogen-bond donors (Lipinski definition) is 6. The molecule has 3 saturated heterocycles. The number of hydrogen-bond acceptors (Lipinski definition) is 10. The molecule has 0 amide bonds. The Bertz CT molecular complexity index is 1070. The molecule has 16 unspecified atom stereocenters. The lowest BCUT2D eigenvalue weighted by Crippen LogP contribution is -2.61. The number of ether oxygens (including phenoxy) is 3. The summed E-state index contributed by atoms with van der Waals surface area (Å²) in [6.45, 7) is 18.2. The van der Waals surface area contributed by atoms with Crippen molar-refractivity contribution in [2.75, 3.05) is 0 Å².